The zero-order valence-corrected chi connectivity index (χ0v) is 15.5. The average Bonchev–Trinajstić information content (AvgIpc) is 2.49. The van der Waals surface area contributed by atoms with Gasteiger partial charge < -0.3 is 10.1 Å². The van der Waals surface area contributed by atoms with Crippen LogP contribution < -0.4 is 5.32 Å². The fourth-order valence-electron chi connectivity index (χ4n) is 1.95. The number of likely N-dealkylation sites (N-methyl/N-ethyl adjacent to an activating group) is 1. The number of rotatable bonds is 9. The van der Waals surface area contributed by atoms with E-state index in [2.05, 4.69) is 37.2 Å². The van der Waals surface area contributed by atoms with Gasteiger partial charge in [-0.05, 0) is 25.4 Å². The highest BCUT2D eigenvalue weighted by molar-refractivity contribution is 6.08. The third-order valence-corrected chi connectivity index (χ3v) is 3.56. The summed E-state index contributed by atoms with van der Waals surface area (Å²) in [4.78, 5) is 26.2. The lowest BCUT2D eigenvalue weighted by atomic mass is 9.96. The van der Waals surface area contributed by atoms with Gasteiger partial charge in [-0.2, -0.15) is 0 Å². The molecule has 0 rings (SSSR count). The highest BCUT2D eigenvalue weighted by Crippen LogP contribution is 2.13. The molecule has 23 heavy (non-hydrogen) atoms. The van der Waals surface area contributed by atoms with Gasteiger partial charge in [0, 0.05) is 18.2 Å². The van der Waals surface area contributed by atoms with Gasteiger partial charge in [0.25, 0.3) is 5.91 Å². The van der Waals surface area contributed by atoms with Crippen LogP contribution in [0.15, 0.2) is 24.3 Å². The van der Waals surface area contributed by atoms with Crippen molar-refractivity contribution in [3.05, 3.63) is 24.3 Å². The van der Waals surface area contributed by atoms with E-state index in [0.29, 0.717) is 6.54 Å². The Hall–Kier alpha value is -1.62. The molecule has 0 fully saturated rings. The summed E-state index contributed by atoms with van der Waals surface area (Å²) in [5.74, 6) is -0.987. The Morgan fingerprint density at radius 1 is 1.13 bits per heavy atom. The molecular weight excluding hydrogens is 292 g/mol. The van der Waals surface area contributed by atoms with E-state index in [1.807, 2.05) is 27.7 Å². The monoisotopic (exact) mass is 324 g/mol. The maximum Gasteiger partial charge on any atom is 0.338 e. The largest absolute Gasteiger partial charge is 0.460 e. The molecule has 132 valence electrons. The third-order valence-electron chi connectivity index (χ3n) is 3.56. The Bertz CT molecular complexity index is 446. The molecule has 0 saturated heterocycles. The number of esters is 1. The fraction of sp³-hybridized carbons (Fsp3) is 0.667. The fourth-order valence-corrected chi connectivity index (χ4v) is 1.95. The van der Waals surface area contributed by atoms with E-state index in [-0.39, 0.29) is 29.2 Å². The van der Waals surface area contributed by atoms with Crippen LogP contribution in [0.1, 0.15) is 41.5 Å². The number of ether oxygens (including phenoxy) is 1. The second-order valence-corrected chi connectivity index (χ2v) is 6.87. The lowest BCUT2D eigenvalue weighted by Gasteiger charge is -2.26. The molecule has 1 atom stereocenters. The quantitative estimate of drug-likeness (QED) is 0.402. The predicted molar refractivity (Wildman–Crippen MR) is 94.1 cm³/mol. The maximum atomic E-state index is 12.0. The second-order valence-electron chi connectivity index (χ2n) is 6.87. The Kier molecular flexibility index (Phi) is 8.83. The van der Waals surface area contributed by atoms with Crippen molar-refractivity contribution >= 4 is 11.9 Å². The molecule has 0 aliphatic heterocycles. The number of nitrogens with zero attached hydrogens (tertiary/aromatic N) is 1. The third kappa shape index (κ3) is 7.98. The molecule has 1 unspecified atom stereocenters. The summed E-state index contributed by atoms with van der Waals surface area (Å²) in [5.41, 5.74) is 0.00895. The maximum absolute atomic E-state index is 12.0. The smallest absolute Gasteiger partial charge is 0.338 e. The summed E-state index contributed by atoms with van der Waals surface area (Å²) in [6, 6.07) is 0.115. The summed E-state index contributed by atoms with van der Waals surface area (Å²) < 4.78 is 5.25. The summed E-state index contributed by atoms with van der Waals surface area (Å²) in [6.07, 6.45) is 0. The summed E-state index contributed by atoms with van der Waals surface area (Å²) in [5, 5.41) is 2.74. The number of hydrogen-bond acceptors (Lipinski definition) is 4. The van der Waals surface area contributed by atoms with Crippen molar-refractivity contribution in [3.63, 3.8) is 0 Å². The molecule has 0 bridgehead atoms. The molecule has 1 amide bonds. The topological polar surface area (TPSA) is 58.6 Å². The molecule has 5 nitrogen and oxygen atoms in total. The Labute approximate surface area is 140 Å². The zero-order chi connectivity index (χ0) is 18.2. The van der Waals surface area contributed by atoms with Gasteiger partial charge in [-0.15, -0.1) is 0 Å². The summed E-state index contributed by atoms with van der Waals surface area (Å²) in [7, 11) is 0. The summed E-state index contributed by atoms with van der Waals surface area (Å²) in [6.45, 7) is 21.9. The Balaban J connectivity index is 4.46. The predicted octanol–water partition coefficient (Wildman–Crippen LogP) is 2.53. The highest BCUT2D eigenvalue weighted by Gasteiger charge is 2.21. The molecule has 0 aromatic carbocycles. The van der Waals surface area contributed by atoms with Crippen LogP contribution in [0.3, 0.4) is 0 Å². The van der Waals surface area contributed by atoms with E-state index < -0.39 is 11.9 Å². The van der Waals surface area contributed by atoms with E-state index in [4.69, 9.17) is 4.74 Å². The van der Waals surface area contributed by atoms with E-state index in [9.17, 15) is 9.59 Å². The number of carbonyl (C=O) groups is 2. The van der Waals surface area contributed by atoms with Crippen molar-refractivity contribution in [2.75, 3.05) is 26.2 Å². The van der Waals surface area contributed by atoms with Gasteiger partial charge >= 0.3 is 5.97 Å². The first kappa shape index (κ1) is 21.4. The van der Waals surface area contributed by atoms with E-state index in [0.717, 1.165) is 13.1 Å². The number of carbonyl (C=O) groups excluding carboxylic acids is 2. The number of nitrogens with one attached hydrogen (secondary N) is 1. The lowest BCUT2D eigenvalue weighted by molar-refractivity contribution is -0.140. The van der Waals surface area contributed by atoms with Crippen molar-refractivity contribution in [2.45, 2.75) is 47.6 Å². The molecule has 0 spiro atoms. The normalized spacial score (nSPS) is 12.7. The van der Waals surface area contributed by atoms with E-state index in [1.54, 1.807) is 0 Å². The minimum atomic E-state index is -0.597. The molecule has 0 radical (unpaired) electrons. The highest BCUT2D eigenvalue weighted by atomic mass is 16.5. The van der Waals surface area contributed by atoms with Crippen LogP contribution in [-0.2, 0) is 14.3 Å². The van der Waals surface area contributed by atoms with Crippen LogP contribution in [-0.4, -0.2) is 49.1 Å². The Morgan fingerprint density at radius 3 is 2.09 bits per heavy atom. The van der Waals surface area contributed by atoms with Gasteiger partial charge in [-0.25, -0.2) is 4.79 Å². The molecule has 0 saturated carbocycles. The molecule has 0 aliphatic rings. The molecule has 0 aromatic heterocycles. The number of amides is 1. The van der Waals surface area contributed by atoms with Crippen molar-refractivity contribution < 1.29 is 14.3 Å². The minimum absolute atomic E-state index is 0.00292. The molecule has 0 aromatic rings. The van der Waals surface area contributed by atoms with Gasteiger partial charge in [-0.1, -0.05) is 47.8 Å². The van der Waals surface area contributed by atoms with Crippen molar-refractivity contribution in [2.24, 2.45) is 5.41 Å². The first-order valence-electron chi connectivity index (χ1n) is 8.11. The standard InChI is InChI=1S/C18H32N2O3/c1-9-20(10-2)13(3)11-23-17(22)15(5)14(4)16(21)19-12-18(6,7)8/h13H,4-5,9-12H2,1-3,6-8H3,(H,19,21). The second kappa shape index (κ2) is 9.50. The molecular formula is C18H32N2O3. The van der Waals surface area contributed by atoms with Crippen molar-refractivity contribution in [1.29, 1.82) is 0 Å². The minimum Gasteiger partial charge on any atom is -0.460 e. The SMILES string of the molecule is C=C(C(=C)C(=O)OCC(C)N(CC)CC)C(=O)NCC(C)(C)C. The van der Waals surface area contributed by atoms with Crippen LogP contribution in [0.25, 0.3) is 0 Å². The zero-order valence-electron chi connectivity index (χ0n) is 15.5. The Morgan fingerprint density at radius 2 is 1.65 bits per heavy atom. The first-order valence-corrected chi connectivity index (χ1v) is 8.11. The van der Waals surface area contributed by atoms with Crippen molar-refractivity contribution in [3.8, 4) is 0 Å². The average molecular weight is 324 g/mol. The lowest BCUT2D eigenvalue weighted by Crippen LogP contribution is -2.37. The number of hydrogen-bond donors (Lipinski definition) is 1. The van der Waals surface area contributed by atoms with E-state index in [1.165, 1.54) is 0 Å². The molecule has 1 N–H and O–H groups in total. The van der Waals surface area contributed by atoms with Gasteiger partial charge in [-0.3, -0.25) is 9.69 Å². The van der Waals surface area contributed by atoms with Gasteiger partial charge in [0.1, 0.15) is 6.61 Å². The first-order chi connectivity index (χ1) is 10.5. The van der Waals surface area contributed by atoms with Crippen LogP contribution >= 0.6 is 0 Å². The van der Waals surface area contributed by atoms with Gasteiger partial charge in [0.2, 0.25) is 0 Å². The summed E-state index contributed by atoms with van der Waals surface area (Å²) >= 11 is 0. The van der Waals surface area contributed by atoms with Crippen molar-refractivity contribution in [1.82, 2.24) is 10.2 Å². The van der Waals surface area contributed by atoms with E-state index >= 15 is 0 Å². The van der Waals surface area contributed by atoms with Gasteiger partial charge in [0.05, 0.1) is 5.57 Å². The molecule has 5 heteroatoms. The van der Waals surface area contributed by atoms with Crippen LogP contribution in [0, 0.1) is 5.41 Å². The van der Waals surface area contributed by atoms with Crippen LogP contribution in [0.5, 0.6) is 0 Å². The van der Waals surface area contributed by atoms with Crippen LogP contribution in [0.2, 0.25) is 0 Å². The molecule has 0 aliphatic carbocycles. The van der Waals surface area contributed by atoms with Crippen LogP contribution in [0.4, 0.5) is 0 Å². The van der Waals surface area contributed by atoms with Gasteiger partial charge in [0.15, 0.2) is 0 Å². The molecule has 0 heterocycles.